The van der Waals surface area contributed by atoms with Crippen LogP contribution in [-0.4, -0.2) is 47.1 Å². The Morgan fingerprint density at radius 3 is 2.72 bits per heavy atom. The molecule has 1 unspecified atom stereocenters. The lowest BCUT2D eigenvalue weighted by atomic mass is 9.71. The van der Waals surface area contributed by atoms with Gasteiger partial charge in [-0.2, -0.15) is 0 Å². The third kappa shape index (κ3) is 6.29. The smallest absolute Gasteiger partial charge is 0.265 e. The van der Waals surface area contributed by atoms with Gasteiger partial charge in [-0.15, -0.1) is 0 Å². The number of allylic oxidation sites excluding steroid dienone is 2. The lowest BCUT2D eigenvalue weighted by Crippen LogP contribution is -2.46. The van der Waals surface area contributed by atoms with Gasteiger partial charge in [-0.3, -0.25) is 14.4 Å². The predicted molar refractivity (Wildman–Crippen MR) is 163 cm³/mol. The maximum atomic E-state index is 15.4. The molecule has 1 aromatic heterocycles. The van der Waals surface area contributed by atoms with E-state index in [0.717, 1.165) is 23.1 Å². The van der Waals surface area contributed by atoms with Crippen LogP contribution in [0.3, 0.4) is 0 Å². The first kappa shape index (κ1) is 29.9. The highest BCUT2D eigenvalue weighted by atomic mass is 19.1. The van der Waals surface area contributed by atoms with Crippen LogP contribution in [-0.2, 0) is 18.4 Å². The van der Waals surface area contributed by atoms with Crippen LogP contribution in [0.1, 0.15) is 48.2 Å². The van der Waals surface area contributed by atoms with Gasteiger partial charge in [0.1, 0.15) is 17.1 Å². The Labute approximate surface area is 249 Å². The summed E-state index contributed by atoms with van der Waals surface area (Å²) in [6.45, 7) is 4.89. The Bertz CT molecular complexity index is 1680. The molecule has 0 spiro atoms. The maximum Gasteiger partial charge on any atom is 0.265 e. The normalized spacial score (nSPS) is 19.1. The fraction of sp³-hybridized carbons (Fsp3) is 0.333. The molecule has 43 heavy (non-hydrogen) atoms. The van der Waals surface area contributed by atoms with Gasteiger partial charge >= 0.3 is 0 Å². The number of carbonyl (C=O) groups excluding carboxylic acids is 2. The van der Waals surface area contributed by atoms with Crippen LogP contribution >= 0.6 is 0 Å². The molecule has 1 aliphatic carbocycles. The molecule has 1 fully saturated rings. The van der Waals surface area contributed by atoms with Crippen molar-refractivity contribution in [3.63, 3.8) is 0 Å². The molecule has 0 radical (unpaired) electrons. The molecule has 0 saturated carbocycles. The molecular formula is C33H36FN5O4. The average Bonchev–Trinajstić information content (AvgIpc) is 3.40. The van der Waals surface area contributed by atoms with Crippen molar-refractivity contribution in [1.29, 1.82) is 0 Å². The minimum Gasteiger partial charge on any atom is -0.496 e. The summed E-state index contributed by atoms with van der Waals surface area (Å²) in [6.07, 6.45) is 9.73. The molecule has 1 saturated heterocycles. The highest BCUT2D eigenvalue weighted by Crippen LogP contribution is 2.42. The molecule has 2 heterocycles. The van der Waals surface area contributed by atoms with Crippen molar-refractivity contribution in [3.8, 4) is 16.9 Å². The lowest BCUT2D eigenvalue weighted by molar-refractivity contribution is -0.119. The van der Waals surface area contributed by atoms with E-state index < -0.39 is 22.9 Å². The van der Waals surface area contributed by atoms with Crippen LogP contribution in [0.2, 0.25) is 0 Å². The first-order chi connectivity index (χ1) is 20.6. The quantitative estimate of drug-likeness (QED) is 0.353. The Balaban J connectivity index is 1.35. The van der Waals surface area contributed by atoms with Gasteiger partial charge in [-0.25, -0.2) is 9.37 Å². The van der Waals surface area contributed by atoms with Crippen LogP contribution in [0.15, 0.2) is 71.9 Å². The van der Waals surface area contributed by atoms with Crippen molar-refractivity contribution < 1.29 is 18.7 Å². The second kappa shape index (κ2) is 12.3. The van der Waals surface area contributed by atoms with E-state index in [1.54, 1.807) is 7.05 Å². The maximum absolute atomic E-state index is 15.4. The standard InChI is InChI=1S/C33H36FN5O4/c1-33(2)26(9-6-10-29(33)38-31(41)25-18-36-19-39(3)32(25)42)21-8-5-7-20(13-21)22-14-27(34)24(28(15-22)43-4)17-35-16-23-11-12-30(40)37-23/h5-10,13-15,18-19,23,29,35H,11-12,16-17H2,1-4H3,(H,37,40)(H,38,41)/t23?,29-/m0/s1. The first-order valence-corrected chi connectivity index (χ1v) is 14.3. The van der Waals surface area contributed by atoms with Crippen LogP contribution in [0.5, 0.6) is 5.75 Å². The predicted octanol–water partition coefficient (Wildman–Crippen LogP) is 3.74. The highest BCUT2D eigenvalue weighted by Gasteiger charge is 2.35. The molecule has 2 aromatic carbocycles. The number of aryl methyl sites for hydroxylation is 1. The number of amides is 2. The van der Waals surface area contributed by atoms with Gasteiger partial charge in [-0.05, 0) is 46.9 Å². The van der Waals surface area contributed by atoms with Gasteiger partial charge in [0.05, 0.1) is 19.5 Å². The van der Waals surface area contributed by atoms with Crippen molar-refractivity contribution in [2.45, 2.75) is 45.3 Å². The number of hydrogen-bond donors (Lipinski definition) is 3. The zero-order valence-corrected chi connectivity index (χ0v) is 24.7. The summed E-state index contributed by atoms with van der Waals surface area (Å²) in [6, 6.07) is 10.8. The monoisotopic (exact) mass is 585 g/mol. The van der Waals surface area contributed by atoms with E-state index in [2.05, 4.69) is 20.9 Å². The summed E-state index contributed by atoms with van der Waals surface area (Å²) in [5.74, 6) is -0.390. The van der Waals surface area contributed by atoms with Gasteiger partial charge in [0.2, 0.25) is 5.91 Å². The van der Waals surface area contributed by atoms with E-state index in [9.17, 15) is 14.4 Å². The third-order valence-electron chi connectivity index (χ3n) is 8.22. The van der Waals surface area contributed by atoms with Crippen molar-refractivity contribution >= 4 is 17.4 Å². The second-order valence-electron chi connectivity index (χ2n) is 11.5. The molecule has 3 aromatic rings. The van der Waals surface area contributed by atoms with Crippen molar-refractivity contribution in [2.75, 3.05) is 13.7 Å². The van der Waals surface area contributed by atoms with E-state index >= 15 is 4.39 Å². The van der Waals surface area contributed by atoms with Crippen LogP contribution in [0.4, 0.5) is 4.39 Å². The van der Waals surface area contributed by atoms with E-state index in [4.69, 9.17) is 4.74 Å². The molecule has 5 rings (SSSR count). The molecule has 224 valence electrons. The minimum atomic E-state index is -0.534. The Morgan fingerprint density at radius 1 is 1.19 bits per heavy atom. The molecule has 3 N–H and O–H groups in total. The molecule has 10 heteroatoms. The molecule has 2 atom stereocenters. The molecule has 2 aliphatic rings. The topological polar surface area (TPSA) is 114 Å². The number of nitrogens with one attached hydrogen (secondary N) is 3. The lowest BCUT2D eigenvalue weighted by Gasteiger charge is -2.38. The van der Waals surface area contributed by atoms with E-state index in [1.165, 1.54) is 30.3 Å². The highest BCUT2D eigenvalue weighted by molar-refractivity contribution is 5.94. The molecule has 1 aliphatic heterocycles. The summed E-state index contributed by atoms with van der Waals surface area (Å²) in [5, 5.41) is 9.13. The largest absolute Gasteiger partial charge is 0.496 e. The van der Waals surface area contributed by atoms with Crippen molar-refractivity contribution in [3.05, 3.63) is 100 Å². The van der Waals surface area contributed by atoms with Gasteiger partial charge in [-0.1, -0.05) is 50.3 Å². The van der Waals surface area contributed by atoms with Gasteiger partial charge in [0.25, 0.3) is 11.5 Å². The molecule has 9 nitrogen and oxygen atoms in total. The summed E-state index contributed by atoms with van der Waals surface area (Å²) in [4.78, 5) is 40.9. The number of hydrogen-bond acceptors (Lipinski definition) is 6. The third-order valence-corrected chi connectivity index (χ3v) is 8.22. The fourth-order valence-corrected chi connectivity index (χ4v) is 5.66. The van der Waals surface area contributed by atoms with E-state index in [1.807, 2.05) is 62.4 Å². The van der Waals surface area contributed by atoms with Crippen molar-refractivity contribution in [1.82, 2.24) is 25.5 Å². The number of nitrogens with zero attached hydrogens (tertiary/aromatic N) is 2. The zero-order chi connectivity index (χ0) is 30.7. The number of ether oxygens (including phenoxy) is 1. The average molecular weight is 586 g/mol. The second-order valence-corrected chi connectivity index (χ2v) is 11.5. The fourth-order valence-electron chi connectivity index (χ4n) is 5.66. The Hall–Kier alpha value is -4.57. The number of methoxy groups -OCH3 is 1. The number of benzene rings is 2. The SMILES string of the molecule is COc1cc(-c2cccc(C3=CC=C[C@H](NC(=O)c4cncn(C)c4=O)C3(C)C)c2)cc(F)c1CNCC1CCC(=O)N1. The Kier molecular flexibility index (Phi) is 8.59. The van der Waals surface area contributed by atoms with E-state index in [0.29, 0.717) is 29.8 Å². The summed E-state index contributed by atoms with van der Waals surface area (Å²) in [5.41, 5.74) is 2.84. The number of halogens is 1. The zero-order valence-electron chi connectivity index (χ0n) is 24.7. The van der Waals surface area contributed by atoms with Gasteiger partial charge in [0, 0.05) is 49.8 Å². The van der Waals surface area contributed by atoms with Crippen LogP contribution in [0, 0.1) is 11.2 Å². The number of carbonyl (C=O) groups is 2. The van der Waals surface area contributed by atoms with Gasteiger partial charge < -0.3 is 25.3 Å². The molecule has 2 amide bonds. The number of rotatable bonds is 9. The Morgan fingerprint density at radius 2 is 1.98 bits per heavy atom. The first-order valence-electron chi connectivity index (χ1n) is 14.3. The molecular weight excluding hydrogens is 549 g/mol. The van der Waals surface area contributed by atoms with Crippen LogP contribution < -0.4 is 26.2 Å². The van der Waals surface area contributed by atoms with Crippen LogP contribution in [0.25, 0.3) is 16.7 Å². The van der Waals surface area contributed by atoms with Gasteiger partial charge in [0.15, 0.2) is 0 Å². The van der Waals surface area contributed by atoms with Crippen molar-refractivity contribution in [2.24, 2.45) is 12.5 Å². The summed E-state index contributed by atoms with van der Waals surface area (Å²) in [7, 11) is 3.07. The summed E-state index contributed by atoms with van der Waals surface area (Å²) < 4.78 is 22.3. The minimum absolute atomic E-state index is 0.0211. The summed E-state index contributed by atoms with van der Waals surface area (Å²) >= 11 is 0. The van der Waals surface area contributed by atoms with E-state index in [-0.39, 0.29) is 29.9 Å². The number of aromatic nitrogens is 2. The molecule has 0 bridgehead atoms.